The molecule has 2 aliphatic heterocycles. The predicted molar refractivity (Wildman–Crippen MR) is 122 cm³/mol. The molecular formula is C26H29N3O3. The lowest BCUT2D eigenvalue weighted by Gasteiger charge is -2.36. The van der Waals surface area contributed by atoms with E-state index in [1.807, 2.05) is 55.1 Å². The molecule has 3 heterocycles. The number of nitrogens with zero attached hydrogens (tertiary/aromatic N) is 3. The summed E-state index contributed by atoms with van der Waals surface area (Å²) in [6.07, 6.45) is 1.77. The predicted octanol–water partition coefficient (Wildman–Crippen LogP) is 4.70. The molecule has 1 aromatic heterocycles. The van der Waals surface area contributed by atoms with Crippen LogP contribution in [0.2, 0.25) is 0 Å². The fourth-order valence-electron chi connectivity index (χ4n) is 5.22. The van der Waals surface area contributed by atoms with E-state index in [0.29, 0.717) is 38.1 Å². The molecule has 2 fully saturated rings. The van der Waals surface area contributed by atoms with Gasteiger partial charge in [-0.2, -0.15) is 0 Å². The molecule has 0 bridgehead atoms. The Hall–Kier alpha value is -2.99. The molecule has 2 aliphatic rings. The molecular weight excluding hydrogens is 402 g/mol. The molecule has 6 nitrogen and oxygen atoms in total. The van der Waals surface area contributed by atoms with Gasteiger partial charge in [0.1, 0.15) is 0 Å². The van der Waals surface area contributed by atoms with Crippen molar-refractivity contribution in [3.05, 3.63) is 70.6 Å². The van der Waals surface area contributed by atoms with Crippen LogP contribution in [0, 0.1) is 26.2 Å². The van der Waals surface area contributed by atoms with E-state index in [9.17, 15) is 4.79 Å². The Morgan fingerprint density at radius 1 is 0.969 bits per heavy atom. The highest BCUT2D eigenvalue weighted by Gasteiger charge is 2.51. The normalized spacial score (nSPS) is 20.1. The highest BCUT2D eigenvalue weighted by Crippen LogP contribution is 2.49. The van der Waals surface area contributed by atoms with Crippen LogP contribution >= 0.6 is 0 Å². The molecule has 32 heavy (non-hydrogen) atoms. The summed E-state index contributed by atoms with van der Waals surface area (Å²) in [7, 11) is 0. The zero-order valence-corrected chi connectivity index (χ0v) is 18.9. The van der Waals surface area contributed by atoms with Crippen molar-refractivity contribution in [3.8, 4) is 11.5 Å². The molecule has 0 aliphatic carbocycles. The topological polar surface area (TPSA) is 68.5 Å². The monoisotopic (exact) mass is 431 g/mol. The number of benzene rings is 2. The Labute approximate surface area is 188 Å². The third-order valence-corrected chi connectivity index (χ3v) is 6.93. The maximum Gasteiger partial charge on any atom is 0.253 e. The van der Waals surface area contributed by atoms with E-state index in [0.717, 1.165) is 35.1 Å². The van der Waals surface area contributed by atoms with Crippen molar-refractivity contribution in [2.24, 2.45) is 5.41 Å². The number of ether oxygens (including phenoxy) is 1. The van der Waals surface area contributed by atoms with Gasteiger partial charge in [0.05, 0.1) is 5.92 Å². The lowest BCUT2D eigenvalue weighted by atomic mass is 9.72. The van der Waals surface area contributed by atoms with E-state index in [2.05, 4.69) is 23.2 Å². The lowest BCUT2D eigenvalue weighted by Crippen LogP contribution is -2.37. The van der Waals surface area contributed by atoms with E-state index in [1.165, 1.54) is 5.56 Å². The molecule has 6 heteroatoms. The number of aromatic nitrogens is 2. The Morgan fingerprint density at radius 3 is 2.34 bits per heavy atom. The quantitative estimate of drug-likeness (QED) is 0.601. The first-order valence-corrected chi connectivity index (χ1v) is 11.3. The number of aryl methyl sites for hydroxylation is 3. The van der Waals surface area contributed by atoms with E-state index in [4.69, 9.17) is 9.15 Å². The van der Waals surface area contributed by atoms with Gasteiger partial charge in [-0.15, -0.1) is 10.2 Å². The van der Waals surface area contributed by atoms with Crippen molar-refractivity contribution in [2.75, 3.05) is 26.3 Å². The van der Waals surface area contributed by atoms with Crippen LogP contribution in [-0.4, -0.2) is 47.3 Å². The van der Waals surface area contributed by atoms with Gasteiger partial charge in [-0.1, -0.05) is 34.9 Å². The summed E-state index contributed by atoms with van der Waals surface area (Å²) in [5, 5.41) is 8.78. The van der Waals surface area contributed by atoms with Gasteiger partial charge < -0.3 is 14.1 Å². The maximum atomic E-state index is 13.4. The Kier molecular flexibility index (Phi) is 5.33. The number of hydrogen-bond acceptors (Lipinski definition) is 5. The minimum atomic E-state index is -0.0934. The Bertz CT molecular complexity index is 1110. The summed E-state index contributed by atoms with van der Waals surface area (Å²) >= 11 is 0. The molecule has 0 N–H and O–H groups in total. The number of carbonyl (C=O) groups excluding carboxylic acids is 1. The number of amides is 1. The number of hydrogen-bond donors (Lipinski definition) is 0. The second-order valence-electron chi connectivity index (χ2n) is 9.40. The van der Waals surface area contributed by atoms with Gasteiger partial charge in [0.25, 0.3) is 5.91 Å². The van der Waals surface area contributed by atoms with Crippen LogP contribution in [0.4, 0.5) is 0 Å². The fraction of sp³-hybridized carbons (Fsp3) is 0.423. The van der Waals surface area contributed by atoms with Crippen molar-refractivity contribution in [1.82, 2.24) is 15.1 Å². The Balaban J connectivity index is 1.45. The second kappa shape index (κ2) is 8.17. The van der Waals surface area contributed by atoms with Crippen LogP contribution in [0.5, 0.6) is 0 Å². The largest absolute Gasteiger partial charge is 0.420 e. The SMILES string of the molecule is Cc1ccc(-c2nnc(C3CN(C(=O)c4cc(C)cc(C)c4)CC34CCOCC4)o2)cc1. The third kappa shape index (κ3) is 3.84. The molecule has 5 rings (SSSR count). The van der Waals surface area contributed by atoms with E-state index >= 15 is 0 Å². The van der Waals surface area contributed by atoms with Gasteiger partial charge >= 0.3 is 0 Å². The summed E-state index contributed by atoms with van der Waals surface area (Å²) in [6, 6.07) is 14.1. The molecule has 0 radical (unpaired) electrons. The summed E-state index contributed by atoms with van der Waals surface area (Å²) in [5.74, 6) is 1.23. The van der Waals surface area contributed by atoms with Crippen molar-refractivity contribution < 1.29 is 13.9 Å². The van der Waals surface area contributed by atoms with Gasteiger partial charge in [0, 0.05) is 42.8 Å². The maximum absolute atomic E-state index is 13.4. The molecule has 1 atom stereocenters. The summed E-state index contributed by atoms with van der Waals surface area (Å²) < 4.78 is 11.9. The molecule has 0 saturated carbocycles. The highest BCUT2D eigenvalue weighted by atomic mass is 16.5. The van der Waals surface area contributed by atoms with Crippen molar-refractivity contribution >= 4 is 5.91 Å². The van der Waals surface area contributed by atoms with Gasteiger partial charge in [-0.05, 0) is 57.9 Å². The standard InChI is InChI=1S/C26H29N3O3/c1-17-4-6-20(7-5-17)23-27-28-24(32-23)22-15-29(16-26(22)8-10-31-11-9-26)25(30)21-13-18(2)12-19(3)14-21/h4-7,12-14,22H,8-11,15-16H2,1-3H3. The smallest absolute Gasteiger partial charge is 0.253 e. The van der Waals surface area contributed by atoms with Crippen molar-refractivity contribution in [1.29, 1.82) is 0 Å². The van der Waals surface area contributed by atoms with Crippen LogP contribution in [0.15, 0.2) is 46.9 Å². The van der Waals surface area contributed by atoms with Crippen molar-refractivity contribution in [2.45, 2.75) is 39.5 Å². The highest BCUT2D eigenvalue weighted by molar-refractivity contribution is 5.95. The van der Waals surface area contributed by atoms with E-state index in [-0.39, 0.29) is 17.2 Å². The summed E-state index contributed by atoms with van der Waals surface area (Å²) in [6.45, 7) is 8.78. The Morgan fingerprint density at radius 2 is 1.66 bits per heavy atom. The molecule has 166 valence electrons. The zero-order valence-electron chi connectivity index (χ0n) is 18.9. The van der Waals surface area contributed by atoms with E-state index in [1.54, 1.807) is 0 Å². The first-order valence-electron chi connectivity index (χ1n) is 11.3. The van der Waals surface area contributed by atoms with Crippen LogP contribution in [0.3, 0.4) is 0 Å². The van der Waals surface area contributed by atoms with Crippen LogP contribution in [0.1, 0.15) is 51.7 Å². The molecule has 1 unspecified atom stereocenters. The average Bonchev–Trinajstić information content (AvgIpc) is 3.39. The van der Waals surface area contributed by atoms with Crippen LogP contribution in [0.25, 0.3) is 11.5 Å². The third-order valence-electron chi connectivity index (χ3n) is 6.93. The number of carbonyl (C=O) groups is 1. The average molecular weight is 432 g/mol. The summed E-state index contributed by atoms with van der Waals surface area (Å²) in [4.78, 5) is 15.4. The minimum absolute atomic E-state index is 0.00737. The van der Waals surface area contributed by atoms with Gasteiger partial charge in [-0.25, -0.2) is 0 Å². The number of rotatable bonds is 3. The first kappa shape index (κ1) is 20.9. The molecule has 1 amide bonds. The second-order valence-corrected chi connectivity index (χ2v) is 9.40. The van der Waals surface area contributed by atoms with E-state index < -0.39 is 0 Å². The minimum Gasteiger partial charge on any atom is -0.420 e. The first-order chi connectivity index (χ1) is 15.4. The molecule has 2 aromatic carbocycles. The van der Waals surface area contributed by atoms with Gasteiger partial charge in [0.15, 0.2) is 0 Å². The van der Waals surface area contributed by atoms with Gasteiger partial charge in [-0.3, -0.25) is 4.79 Å². The zero-order chi connectivity index (χ0) is 22.3. The van der Waals surface area contributed by atoms with Crippen LogP contribution < -0.4 is 0 Å². The number of likely N-dealkylation sites (tertiary alicyclic amines) is 1. The fourth-order valence-corrected chi connectivity index (χ4v) is 5.22. The molecule has 2 saturated heterocycles. The summed E-state index contributed by atoms with van der Waals surface area (Å²) in [5.41, 5.74) is 4.96. The molecule has 1 spiro atoms. The van der Waals surface area contributed by atoms with Crippen LogP contribution in [-0.2, 0) is 4.74 Å². The van der Waals surface area contributed by atoms with Crippen molar-refractivity contribution in [3.63, 3.8) is 0 Å². The lowest BCUT2D eigenvalue weighted by molar-refractivity contribution is 0.00908. The van der Waals surface area contributed by atoms with Gasteiger partial charge in [0.2, 0.25) is 11.8 Å². The molecule has 3 aromatic rings.